The van der Waals surface area contributed by atoms with Crippen LogP contribution in [0.2, 0.25) is 10.0 Å². The summed E-state index contributed by atoms with van der Waals surface area (Å²) in [5.41, 5.74) is 0.868. The van der Waals surface area contributed by atoms with Gasteiger partial charge in [-0.2, -0.15) is 0 Å². The van der Waals surface area contributed by atoms with Crippen LogP contribution in [0.3, 0.4) is 0 Å². The summed E-state index contributed by atoms with van der Waals surface area (Å²) >= 11 is 11.7. The smallest absolute Gasteiger partial charge is 0.251 e. The van der Waals surface area contributed by atoms with E-state index in [-0.39, 0.29) is 11.4 Å². The van der Waals surface area contributed by atoms with Crippen molar-refractivity contribution in [1.82, 2.24) is 10.3 Å². The molecule has 0 bridgehead atoms. The van der Waals surface area contributed by atoms with Crippen LogP contribution >= 0.6 is 23.2 Å². The second kappa shape index (κ2) is 8.73. The Balaban J connectivity index is 1.88. The Labute approximate surface area is 173 Å². The molecule has 0 fully saturated rings. The lowest BCUT2D eigenvalue weighted by Crippen LogP contribution is -2.32. The van der Waals surface area contributed by atoms with Crippen LogP contribution in [0.5, 0.6) is 0 Å². The van der Waals surface area contributed by atoms with Crippen LogP contribution in [0.15, 0.2) is 78.0 Å². The molecule has 144 valence electrons. The fraction of sp³-hybridized carbons (Fsp3) is 0.100. The van der Waals surface area contributed by atoms with E-state index in [0.29, 0.717) is 21.2 Å². The summed E-state index contributed by atoms with van der Waals surface area (Å²) in [5.74, 6) is -0.392. The number of rotatable bonds is 6. The second-order valence-corrected chi connectivity index (χ2v) is 8.99. The molecule has 0 aliphatic heterocycles. The van der Waals surface area contributed by atoms with Gasteiger partial charge in [-0.25, -0.2) is 8.42 Å². The Kier molecular flexibility index (Phi) is 6.34. The topological polar surface area (TPSA) is 76.1 Å². The van der Waals surface area contributed by atoms with E-state index in [2.05, 4.69) is 10.3 Å². The quantitative estimate of drug-likeness (QED) is 0.625. The van der Waals surface area contributed by atoms with Gasteiger partial charge in [0, 0.05) is 34.5 Å². The standard InChI is InChI=1S/C20H16Cl2N2O3S/c21-16-5-3-14(4-6-16)20(25)24-13-19(15-2-1-11-23-12-15)28(26,27)18-9-7-17(22)8-10-18/h1-12,19H,13H2,(H,24,25). The molecule has 2 aromatic carbocycles. The molecule has 1 atom stereocenters. The van der Waals surface area contributed by atoms with Gasteiger partial charge in [0.05, 0.1) is 4.90 Å². The van der Waals surface area contributed by atoms with Gasteiger partial charge in [0.25, 0.3) is 5.91 Å². The molecule has 1 N–H and O–H groups in total. The summed E-state index contributed by atoms with van der Waals surface area (Å²) in [4.78, 5) is 16.5. The highest BCUT2D eigenvalue weighted by Crippen LogP contribution is 2.29. The number of pyridine rings is 1. The molecule has 1 amide bonds. The first-order valence-corrected chi connectivity index (χ1v) is 10.6. The molecule has 1 aromatic heterocycles. The zero-order chi connectivity index (χ0) is 20.1. The minimum atomic E-state index is -3.79. The van der Waals surface area contributed by atoms with Gasteiger partial charge >= 0.3 is 0 Å². The van der Waals surface area contributed by atoms with Crippen LogP contribution in [0.25, 0.3) is 0 Å². The van der Waals surface area contributed by atoms with Gasteiger partial charge in [-0.15, -0.1) is 0 Å². The molecular weight excluding hydrogens is 419 g/mol. The van der Waals surface area contributed by atoms with Gasteiger partial charge in [0.1, 0.15) is 5.25 Å². The first kappa shape index (κ1) is 20.3. The number of carbonyl (C=O) groups excluding carboxylic acids is 1. The number of nitrogens with one attached hydrogen (secondary N) is 1. The first-order chi connectivity index (χ1) is 13.4. The van der Waals surface area contributed by atoms with Crippen molar-refractivity contribution >= 4 is 38.9 Å². The highest BCUT2D eigenvalue weighted by molar-refractivity contribution is 7.91. The van der Waals surface area contributed by atoms with Crippen LogP contribution in [-0.2, 0) is 9.84 Å². The van der Waals surface area contributed by atoms with Crippen molar-refractivity contribution < 1.29 is 13.2 Å². The maximum atomic E-state index is 13.2. The maximum absolute atomic E-state index is 13.2. The predicted molar refractivity (Wildman–Crippen MR) is 109 cm³/mol. The number of amides is 1. The molecule has 28 heavy (non-hydrogen) atoms. The number of carbonyl (C=O) groups is 1. The van der Waals surface area contributed by atoms with Crippen LogP contribution in [-0.4, -0.2) is 25.9 Å². The van der Waals surface area contributed by atoms with Gasteiger partial charge in [0.15, 0.2) is 9.84 Å². The van der Waals surface area contributed by atoms with Gasteiger partial charge in [-0.05, 0) is 60.2 Å². The lowest BCUT2D eigenvalue weighted by atomic mass is 10.2. The average molecular weight is 435 g/mol. The Morgan fingerprint density at radius 1 is 0.964 bits per heavy atom. The third kappa shape index (κ3) is 4.70. The zero-order valence-electron chi connectivity index (χ0n) is 14.5. The highest BCUT2D eigenvalue weighted by Gasteiger charge is 2.30. The Morgan fingerprint density at radius 2 is 1.57 bits per heavy atom. The summed E-state index contributed by atoms with van der Waals surface area (Å²) in [6.45, 7) is -0.113. The van der Waals surface area contributed by atoms with Crippen LogP contribution in [0, 0.1) is 0 Å². The fourth-order valence-electron chi connectivity index (χ4n) is 2.65. The van der Waals surface area contributed by atoms with E-state index in [9.17, 15) is 13.2 Å². The van der Waals surface area contributed by atoms with Gasteiger partial charge < -0.3 is 5.32 Å². The zero-order valence-corrected chi connectivity index (χ0v) is 16.9. The van der Waals surface area contributed by atoms with E-state index in [1.165, 1.54) is 30.5 Å². The molecular formula is C20H16Cl2N2O3S. The van der Waals surface area contributed by atoms with Crippen LogP contribution in [0.4, 0.5) is 0 Å². The number of hydrogen-bond donors (Lipinski definition) is 1. The maximum Gasteiger partial charge on any atom is 0.251 e. The number of sulfone groups is 1. The van der Waals surface area contributed by atoms with Crippen molar-refractivity contribution in [3.8, 4) is 0 Å². The molecule has 0 saturated carbocycles. The molecule has 5 nitrogen and oxygen atoms in total. The molecule has 0 spiro atoms. The Bertz CT molecular complexity index is 1050. The lowest BCUT2D eigenvalue weighted by molar-refractivity contribution is 0.0953. The Morgan fingerprint density at radius 3 is 2.14 bits per heavy atom. The minimum Gasteiger partial charge on any atom is -0.350 e. The lowest BCUT2D eigenvalue weighted by Gasteiger charge is -2.19. The molecule has 3 aromatic rings. The predicted octanol–water partition coefficient (Wildman–Crippen LogP) is 4.33. The van der Waals surface area contributed by atoms with Crippen molar-refractivity contribution in [3.63, 3.8) is 0 Å². The van der Waals surface area contributed by atoms with E-state index >= 15 is 0 Å². The SMILES string of the molecule is O=C(NCC(c1cccnc1)S(=O)(=O)c1ccc(Cl)cc1)c1ccc(Cl)cc1. The molecule has 0 saturated heterocycles. The normalized spacial score (nSPS) is 12.4. The molecule has 8 heteroatoms. The largest absolute Gasteiger partial charge is 0.350 e. The summed E-state index contributed by atoms with van der Waals surface area (Å²) in [6.07, 6.45) is 3.04. The summed E-state index contributed by atoms with van der Waals surface area (Å²) < 4.78 is 26.4. The third-order valence-corrected chi connectivity index (χ3v) is 6.75. The number of aromatic nitrogens is 1. The number of nitrogens with zero attached hydrogens (tertiary/aromatic N) is 1. The van der Waals surface area contributed by atoms with Gasteiger partial charge in [-0.1, -0.05) is 29.3 Å². The van der Waals surface area contributed by atoms with Gasteiger partial charge in [0.2, 0.25) is 0 Å². The van der Waals surface area contributed by atoms with E-state index in [0.717, 1.165) is 0 Å². The summed E-state index contributed by atoms with van der Waals surface area (Å²) in [6, 6.07) is 15.6. The summed E-state index contributed by atoms with van der Waals surface area (Å²) in [5, 5.41) is 2.64. The average Bonchev–Trinajstić information content (AvgIpc) is 2.69. The summed E-state index contributed by atoms with van der Waals surface area (Å²) in [7, 11) is -3.79. The minimum absolute atomic E-state index is 0.113. The highest BCUT2D eigenvalue weighted by atomic mass is 35.5. The Hall–Kier alpha value is -2.41. The third-order valence-electron chi connectivity index (χ3n) is 4.13. The van der Waals surface area contributed by atoms with E-state index in [4.69, 9.17) is 23.2 Å². The van der Waals surface area contributed by atoms with Crippen molar-refractivity contribution in [2.75, 3.05) is 6.54 Å². The van der Waals surface area contributed by atoms with E-state index < -0.39 is 21.0 Å². The van der Waals surface area contributed by atoms with E-state index in [1.54, 1.807) is 42.6 Å². The first-order valence-electron chi connectivity index (χ1n) is 8.31. The number of halogens is 2. The second-order valence-electron chi connectivity index (χ2n) is 5.99. The van der Waals surface area contributed by atoms with Crippen molar-refractivity contribution in [1.29, 1.82) is 0 Å². The molecule has 3 rings (SSSR count). The number of benzene rings is 2. The number of hydrogen-bond acceptors (Lipinski definition) is 4. The van der Waals surface area contributed by atoms with Crippen molar-refractivity contribution in [2.45, 2.75) is 10.1 Å². The van der Waals surface area contributed by atoms with Crippen molar-refractivity contribution in [2.24, 2.45) is 0 Å². The monoisotopic (exact) mass is 434 g/mol. The fourth-order valence-corrected chi connectivity index (χ4v) is 4.55. The van der Waals surface area contributed by atoms with Crippen LogP contribution in [0.1, 0.15) is 21.2 Å². The molecule has 1 unspecified atom stereocenters. The molecule has 1 heterocycles. The van der Waals surface area contributed by atoms with Gasteiger partial charge in [-0.3, -0.25) is 9.78 Å². The molecule has 0 aliphatic rings. The van der Waals surface area contributed by atoms with E-state index in [1.807, 2.05) is 0 Å². The molecule has 0 radical (unpaired) electrons. The molecule has 0 aliphatic carbocycles. The van der Waals surface area contributed by atoms with Crippen molar-refractivity contribution in [3.05, 3.63) is 94.2 Å². The van der Waals surface area contributed by atoms with Crippen LogP contribution < -0.4 is 5.32 Å².